The quantitative estimate of drug-likeness (QED) is 0.693. The van der Waals surface area contributed by atoms with E-state index in [1.807, 2.05) is 28.1 Å². The Kier molecular flexibility index (Phi) is 3.40. The monoisotopic (exact) mass is 293 g/mol. The Hall–Kier alpha value is -1.59. The molecule has 4 nitrogen and oxygen atoms in total. The van der Waals surface area contributed by atoms with E-state index >= 15 is 0 Å². The van der Waals surface area contributed by atoms with E-state index in [4.69, 9.17) is 16.3 Å². The molecule has 0 unspecified atom stereocenters. The zero-order chi connectivity index (χ0) is 13.2. The molecule has 0 amide bonds. The Morgan fingerprint density at radius 2 is 2.21 bits per heavy atom. The third-order valence-corrected chi connectivity index (χ3v) is 3.70. The second-order valence-corrected chi connectivity index (χ2v) is 5.14. The van der Waals surface area contributed by atoms with Gasteiger partial charge in [0.15, 0.2) is 5.65 Å². The molecule has 0 spiro atoms. The summed E-state index contributed by atoms with van der Waals surface area (Å²) in [6.45, 7) is 0. The number of nitrogens with zero attached hydrogens (tertiary/aromatic N) is 3. The van der Waals surface area contributed by atoms with Crippen LogP contribution in [0.2, 0.25) is 0 Å². The molecular weight excluding hydrogens is 282 g/mol. The third-order valence-electron chi connectivity index (χ3n) is 2.84. The highest BCUT2D eigenvalue weighted by Gasteiger charge is 2.14. The van der Waals surface area contributed by atoms with E-state index in [0.29, 0.717) is 18.2 Å². The number of halogens is 1. The number of pyridine rings is 1. The summed E-state index contributed by atoms with van der Waals surface area (Å²) in [7, 11) is 1.61. The Morgan fingerprint density at radius 1 is 1.32 bits per heavy atom. The molecule has 0 saturated heterocycles. The largest absolute Gasteiger partial charge is 0.481 e. The average Bonchev–Trinajstić information content (AvgIpc) is 3.04. The van der Waals surface area contributed by atoms with Gasteiger partial charge in [0.25, 0.3) is 0 Å². The van der Waals surface area contributed by atoms with Crippen molar-refractivity contribution in [3.05, 3.63) is 34.8 Å². The minimum absolute atomic E-state index is 0.532. The summed E-state index contributed by atoms with van der Waals surface area (Å²) in [4.78, 5) is 9.09. The fourth-order valence-electron chi connectivity index (χ4n) is 2.01. The fraction of sp³-hybridized carbons (Fsp3) is 0.231. The van der Waals surface area contributed by atoms with Crippen molar-refractivity contribution in [1.82, 2.24) is 14.5 Å². The molecule has 3 aromatic heterocycles. The summed E-state index contributed by atoms with van der Waals surface area (Å²) in [5, 5.41) is 4.10. The number of methoxy groups -OCH3 is 1. The van der Waals surface area contributed by atoms with Crippen LogP contribution in [0.1, 0.15) is 5.82 Å². The third kappa shape index (κ3) is 2.19. The number of thiophene rings is 1. The first-order valence-electron chi connectivity index (χ1n) is 5.84. The molecule has 0 aliphatic carbocycles. The Bertz CT molecular complexity index is 693. The number of aromatic nitrogens is 3. The van der Waals surface area contributed by atoms with Crippen molar-refractivity contribution < 1.29 is 4.74 Å². The van der Waals surface area contributed by atoms with Gasteiger partial charge in [0, 0.05) is 23.7 Å². The van der Waals surface area contributed by atoms with Gasteiger partial charge in [-0.05, 0) is 17.5 Å². The molecular formula is C13H12ClN3OS. The molecule has 0 atom stereocenters. The predicted molar refractivity (Wildman–Crippen MR) is 77.7 cm³/mol. The maximum absolute atomic E-state index is 5.86. The van der Waals surface area contributed by atoms with Gasteiger partial charge in [-0.2, -0.15) is 16.3 Å². The molecule has 0 aliphatic rings. The van der Waals surface area contributed by atoms with Crippen LogP contribution in [0, 0.1) is 0 Å². The zero-order valence-electron chi connectivity index (χ0n) is 10.3. The van der Waals surface area contributed by atoms with Gasteiger partial charge in [0.2, 0.25) is 5.88 Å². The van der Waals surface area contributed by atoms with Gasteiger partial charge >= 0.3 is 0 Å². The number of ether oxygens (including phenoxy) is 1. The van der Waals surface area contributed by atoms with E-state index in [-0.39, 0.29) is 0 Å². The minimum Gasteiger partial charge on any atom is -0.481 e. The van der Waals surface area contributed by atoms with E-state index in [1.165, 1.54) is 0 Å². The minimum atomic E-state index is 0.532. The van der Waals surface area contributed by atoms with Crippen LogP contribution < -0.4 is 4.74 Å². The van der Waals surface area contributed by atoms with Crippen molar-refractivity contribution in [3.8, 4) is 11.6 Å². The highest BCUT2D eigenvalue weighted by atomic mass is 35.5. The van der Waals surface area contributed by atoms with Crippen molar-refractivity contribution in [2.45, 2.75) is 6.42 Å². The second kappa shape index (κ2) is 5.19. The lowest BCUT2D eigenvalue weighted by atomic mass is 10.4. The first-order valence-corrected chi connectivity index (χ1v) is 7.32. The van der Waals surface area contributed by atoms with E-state index in [2.05, 4.69) is 15.3 Å². The van der Waals surface area contributed by atoms with Crippen LogP contribution in [-0.2, 0) is 6.42 Å². The molecule has 0 bridgehead atoms. The lowest BCUT2D eigenvalue weighted by molar-refractivity contribution is 0.399. The number of rotatable bonds is 4. The van der Waals surface area contributed by atoms with Gasteiger partial charge in [-0.25, -0.2) is 4.98 Å². The molecule has 3 heterocycles. The summed E-state index contributed by atoms with van der Waals surface area (Å²) in [5.74, 6) is 2.04. The molecule has 0 saturated carbocycles. The molecule has 19 heavy (non-hydrogen) atoms. The number of hydrogen-bond donors (Lipinski definition) is 0. The maximum Gasteiger partial charge on any atom is 0.215 e. The summed E-state index contributed by atoms with van der Waals surface area (Å²) in [6.07, 6.45) is 0.704. The molecule has 3 aromatic rings. The van der Waals surface area contributed by atoms with Crippen LogP contribution >= 0.6 is 22.9 Å². The van der Waals surface area contributed by atoms with E-state index in [9.17, 15) is 0 Å². The number of hydrogen-bond acceptors (Lipinski definition) is 4. The number of fused-ring (bicyclic) bond motifs is 1. The summed E-state index contributed by atoms with van der Waals surface area (Å²) < 4.78 is 7.23. The molecule has 3 rings (SSSR count). The van der Waals surface area contributed by atoms with Gasteiger partial charge in [-0.15, -0.1) is 11.6 Å². The molecule has 0 aromatic carbocycles. The van der Waals surface area contributed by atoms with Crippen molar-refractivity contribution in [1.29, 1.82) is 0 Å². The summed E-state index contributed by atoms with van der Waals surface area (Å²) in [6, 6.07) is 5.78. The number of aryl methyl sites for hydroxylation is 1. The summed E-state index contributed by atoms with van der Waals surface area (Å²) in [5.41, 5.74) is 2.72. The average molecular weight is 294 g/mol. The normalized spacial score (nSPS) is 11.1. The van der Waals surface area contributed by atoms with Crippen molar-refractivity contribution >= 4 is 34.1 Å². The SMILES string of the molecule is COc1ccc2nc(CCCl)n(-c3ccsc3)c2n1. The Morgan fingerprint density at radius 3 is 2.89 bits per heavy atom. The van der Waals surface area contributed by atoms with Crippen LogP contribution in [0.3, 0.4) is 0 Å². The van der Waals surface area contributed by atoms with Crippen molar-refractivity contribution in [3.63, 3.8) is 0 Å². The molecule has 0 fully saturated rings. The lowest BCUT2D eigenvalue weighted by Crippen LogP contribution is -2.02. The molecule has 98 valence electrons. The van der Waals surface area contributed by atoms with Crippen LogP contribution in [0.5, 0.6) is 5.88 Å². The van der Waals surface area contributed by atoms with E-state index in [0.717, 1.165) is 22.7 Å². The van der Waals surface area contributed by atoms with Crippen LogP contribution in [-0.4, -0.2) is 27.5 Å². The molecule has 6 heteroatoms. The molecule has 0 N–H and O–H groups in total. The highest BCUT2D eigenvalue weighted by molar-refractivity contribution is 7.08. The van der Waals surface area contributed by atoms with E-state index in [1.54, 1.807) is 18.4 Å². The molecule has 0 radical (unpaired) electrons. The predicted octanol–water partition coefficient (Wildman–Crippen LogP) is 3.27. The first-order chi connectivity index (χ1) is 9.33. The van der Waals surface area contributed by atoms with Crippen molar-refractivity contribution in [2.75, 3.05) is 13.0 Å². The van der Waals surface area contributed by atoms with Crippen LogP contribution in [0.25, 0.3) is 16.9 Å². The first kappa shape index (κ1) is 12.4. The highest BCUT2D eigenvalue weighted by Crippen LogP contribution is 2.24. The topological polar surface area (TPSA) is 39.9 Å². The maximum atomic E-state index is 5.86. The second-order valence-electron chi connectivity index (χ2n) is 3.98. The Balaban J connectivity index is 2.27. The van der Waals surface area contributed by atoms with Crippen molar-refractivity contribution in [2.24, 2.45) is 0 Å². The van der Waals surface area contributed by atoms with Crippen LogP contribution in [0.4, 0.5) is 0 Å². The van der Waals surface area contributed by atoms with E-state index < -0.39 is 0 Å². The van der Waals surface area contributed by atoms with Gasteiger partial charge < -0.3 is 4.74 Å². The van der Waals surface area contributed by atoms with Crippen LogP contribution in [0.15, 0.2) is 29.0 Å². The van der Waals surface area contributed by atoms with Gasteiger partial charge in [0.1, 0.15) is 11.3 Å². The number of imidazole rings is 1. The molecule has 0 aliphatic heterocycles. The Labute approximate surface area is 119 Å². The lowest BCUT2D eigenvalue weighted by Gasteiger charge is -2.05. The standard InChI is InChI=1S/C13H12ClN3OS/c1-18-12-3-2-10-13(16-12)17(9-5-7-19-8-9)11(15-10)4-6-14/h2-3,5,7-8H,4,6H2,1H3. The van der Waals surface area contributed by atoms with Gasteiger partial charge in [-0.3, -0.25) is 4.57 Å². The number of alkyl halides is 1. The zero-order valence-corrected chi connectivity index (χ0v) is 11.9. The smallest absolute Gasteiger partial charge is 0.215 e. The van der Waals surface area contributed by atoms with Gasteiger partial charge in [-0.1, -0.05) is 0 Å². The van der Waals surface area contributed by atoms with Gasteiger partial charge in [0.05, 0.1) is 12.8 Å². The summed E-state index contributed by atoms with van der Waals surface area (Å²) >= 11 is 7.50. The fourth-order valence-corrected chi connectivity index (χ4v) is 2.80.